The van der Waals surface area contributed by atoms with E-state index >= 15 is 0 Å². The molecule has 1 aromatic heterocycles. The molecule has 2 fully saturated rings. The molecule has 1 aliphatic heterocycles. The summed E-state index contributed by atoms with van der Waals surface area (Å²) in [5.74, 6) is 3.24. The molecule has 0 atom stereocenters. The van der Waals surface area contributed by atoms with E-state index in [4.69, 9.17) is 0 Å². The summed E-state index contributed by atoms with van der Waals surface area (Å²) in [6.45, 7) is 3.17. The predicted octanol–water partition coefficient (Wildman–Crippen LogP) is 2.94. The Morgan fingerprint density at radius 2 is 1.77 bits per heavy atom. The fraction of sp³-hybridized carbons (Fsp3) is 0.450. The standard InChI is InChI=1S/C20H24N4OS/c25-20(15-26-14-16-4-2-1-3-5-16)24-12-10-23(11-13-24)19-9-8-18(21-22-19)17-6-7-17/h1-5,8-9,17H,6-7,10-15H2. The smallest absolute Gasteiger partial charge is 0.232 e. The van der Waals surface area contributed by atoms with Crippen molar-refractivity contribution >= 4 is 23.5 Å². The Hall–Kier alpha value is -2.08. The van der Waals surface area contributed by atoms with Gasteiger partial charge in [-0.25, -0.2) is 0 Å². The molecule has 0 unspecified atom stereocenters. The van der Waals surface area contributed by atoms with Crippen molar-refractivity contribution in [1.82, 2.24) is 15.1 Å². The first kappa shape index (κ1) is 17.3. The molecule has 0 N–H and O–H groups in total. The van der Waals surface area contributed by atoms with Crippen molar-refractivity contribution in [3.05, 3.63) is 53.7 Å². The van der Waals surface area contributed by atoms with Gasteiger partial charge in [0.25, 0.3) is 0 Å². The Labute approximate surface area is 158 Å². The van der Waals surface area contributed by atoms with Gasteiger partial charge in [0.15, 0.2) is 5.82 Å². The van der Waals surface area contributed by atoms with Crippen LogP contribution in [0, 0.1) is 0 Å². The van der Waals surface area contributed by atoms with E-state index < -0.39 is 0 Å². The molecule has 0 radical (unpaired) electrons. The first-order valence-corrected chi connectivity index (χ1v) is 10.4. The molecule has 26 heavy (non-hydrogen) atoms. The van der Waals surface area contributed by atoms with Gasteiger partial charge in [-0.15, -0.1) is 16.9 Å². The third-order valence-corrected chi connectivity index (χ3v) is 5.95. The number of nitrogens with zero attached hydrogens (tertiary/aromatic N) is 4. The lowest BCUT2D eigenvalue weighted by atomic mass is 10.2. The highest BCUT2D eigenvalue weighted by Crippen LogP contribution is 2.38. The summed E-state index contributed by atoms with van der Waals surface area (Å²) in [5, 5.41) is 8.75. The summed E-state index contributed by atoms with van der Waals surface area (Å²) in [4.78, 5) is 16.6. The number of piperazine rings is 1. The zero-order valence-electron chi connectivity index (χ0n) is 14.9. The lowest BCUT2D eigenvalue weighted by Gasteiger charge is -2.35. The monoisotopic (exact) mass is 368 g/mol. The van der Waals surface area contributed by atoms with E-state index in [1.807, 2.05) is 23.1 Å². The molecular formula is C20H24N4OS. The summed E-state index contributed by atoms with van der Waals surface area (Å²) in [7, 11) is 0. The Balaban J connectivity index is 1.21. The van der Waals surface area contributed by atoms with Crippen LogP contribution < -0.4 is 4.90 Å². The Morgan fingerprint density at radius 3 is 2.42 bits per heavy atom. The molecular weight excluding hydrogens is 344 g/mol. The molecule has 0 spiro atoms. The number of anilines is 1. The molecule has 0 bridgehead atoms. The minimum absolute atomic E-state index is 0.237. The van der Waals surface area contributed by atoms with Gasteiger partial charge in [-0.05, 0) is 30.5 Å². The van der Waals surface area contributed by atoms with E-state index in [-0.39, 0.29) is 5.91 Å². The molecule has 1 aliphatic carbocycles. The van der Waals surface area contributed by atoms with Crippen LogP contribution in [0.25, 0.3) is 0 Å². The average molecular weight is 369 g/mol. The summed E-state index contributed by atoms with van der Waals surface area (Å²) in [6.07, 6.45) is 2.49. The maximum absolute atomic E-state index is 12.4. The molecule has 1 saturated carbocycles. The van der Waals surface area contributed by atoms with Crippen molar-refractivity contribution in [1.29, 1.82) is 0 Å². The first-order chi connectivity index (χ1) is 12.8. The maximum Gasteiger partial charge on any atom is 0.232 e. The molecule has 136 valence electrons. The van der Waals surface area contributed by atoms with Gasteiger partial charge in [0.2, 0.25) is 5.91 Å². The minimum Gasteiger partial charge on any atom is -0.352 e. The zero-order chi connectivity index (χ0) is 17.8. The van der Waals surface area contributed by atoms with Crippen LogP contribution in [0.4, 0.5) is 5.82 Å². The molecule has 4 rings (SSSR count). The van der Waals surface area contributed by atoms with E-state index in [1.165, 1.54) is 18.4 Å². The van der Waals surface area contributed by atoms with Gasteiger partial charge in [0, 0.05) is 37.8 Å². The van der Waals surface area contributed by atoms with Crippen LogP contribution in [0.5, 0.6) is 0 Å². The maximum atomic E-state index is 12.4. The van der Waals surface area contributed by atoms with Gasteiger partial charge < -0.3 is 9.80 Å². The number of hydrogen-bond acceptors (Lipinski definition) is 5. The van der Waals surface area contributed by atoms with Gasteiger partial charge in [-0.3, -0.25) is 4.79 Å². The number of benzene rings is 1. The molecule has 1 saturated heterocycles. The van der Waals surface area contributed by atoms with Crippen molar-refractivity contribution in [3.63, 3.8) is 0 Å². The van der Waals surface area contributed by atoms with Crippen LogP contribution in [-0.4, -0.2) is 52.9 Å². The van der Waals surface area contributed by atoms with E-state index in [9.17, 15) is 4.79 Å². The van der Waals surface area contributed by atoms with Gasteiger partial charge in [-0.2, -0.15) is 5.10 Å². The Bertz CT molecular complexity index is 725. The number of thioether (sulfide) groups is 1. The van der Waals surface area contributed by atoms with Crippen LogP contribution in [0.15, 0.2) is 42.5 Å². The minimum atomic E-state index is 0.237. The third kappa shape index (κ3) is 4.36. The number of hydrogen-bond donors (Lipinski definition) is 0. The van der Waals surface area contributed by atoms with Crippen molar-refractivity contribution in [2.45, 2.75) is 24.5 Å². The molecule has 5 nitrogen and oxygen atoms in total. The predicted molar refractivity (Wildman–Crippen MR) is 105 cm³/mol. The molecule has 1 amide bonds. The lowest BCUT2D eigenvalue weighted by Crippen LogP contribution is -2.49. The highest BCUT2D eigenvalue weighted by atomic mass is 32.2. The Kier molecular flexibility index (Phi) is 5.39. The van der Waals surface area contributed by atoms with Crippen LogP contribution in [0.3, 0.4) is 0 Å². The number of carbonyl (C=O) groups is 1. The van der Waals surface area contributed by atoms with Crippen LogP contribution in [0.1, 0.15) is 30.0 Å². The molecule has 2 heterocycles. The molecule has 2 aliphatic rings. The molecule has 6 heteroatoms. The van der Waals surface area contributed by atoms with Gasteiger partial charge in [-0.1, -0.05) is 30.3 Å². The normalized spacial score (nSPS) is 17.4. The topological polar surface area (TPSA) is 49.3 Å². The van der Waals surface area contributed by atoms with Crippen molar-refractivity contribution < 1.29 is 4.79 Å². The Morgan fingerprint density at radius 1 is 1.00 bits per heavy atom. The zero-order valence-corrected chi connectivity index (χ0v) is 15.7. The van der Waals surface area contributed by atoms with Crippen LogP contribution in [0.2, 0.25) is 0 Å². The van der Waals surface area contributed by atoms with Crippen molar-refractivity contribution in [3.8, 4) is 0 Å². The summed E-state index contributed by atoms with van der Waals surface area (Å²) in [6, 6.07) is 14.5. The van der Waals surface area contributed by atoms with Crippen molar-refractivity contribution in [2.24, 2.45) is 0 Å². The quantitative estimate of drug-likeness (QED) is 0.785. The fourth-order valence-electron chi connectivity index (χ4n) is 3.21. The average Bonchev–Trinajstić information content (AvgIpc) is 3.54. The fourth-order valence-corrected chi connectivity index (χ4v) is 4.10. The first-order valence-electron chi connectivity index (χ1n) is 9.27. The number of carbonyl (C=O) groups excluding carboxylic acids is 1. The second-order valence-electron chi connectivity index (χ2n) is 6.94. The largest absolute Gasteiger partial charge is 0.352 e. The summed E-state index contributed by atoms with van der Waals surface area (Å²) in [5.41, 5.74) is 2.39. The van der Waals surface area contributed by atoms with E-state index in [0.717, 1.165) is 43.4 Å². The SMILES string of the molecule is O=C(CSCc1ccccc1)N1CCN(c2ccc(C3CC3)nn2)CC1. The van der Waals surface area contributed by atoms with E-state index in [2.05, 4.69) is 39.4 Å². The highest BCUT2D eigenvalue weighted by molar-refractivity contribution is 7.99. The van der Waals surface area contributed by atoms with Gasteiger partial charge in [0.05, 0.1) is 11.4 Å². The van der Waals surface area contributed by atoms with Crippen LogP contribution >= 0.6 is 11.8 Å². The van der Waals surface area contributed by atoms with Crippen LogP contribution in [-0.2, 0) is 10.5 Å². The number of rotatable bonds is 6. The number of aromatic nitrogens is 2. The summed E-state index contributed by atoms with van der Waals surface area (Å²) < 4.78 is 0. The highest BCUT2D eigenvalue weighted by Gasteiger charge is 2.26. The number of amides is 1. The lowest BCUT2D eigenvalue weighted by molar-refractivity contribution is -0.128. The van der Waals surface area contributed by atoms with E-state index in [1.54, 1.807) is 11.8 Å². The van der Waals surface area contributed by atoms with Gasteiger partial charge in [0.1, 0.15) is 0 Å². The van der Waals surface area contributed by atoms with Crippen molar-refractivity contribution in [2.75, 3.05) is 36.8 Å². The van der Waals surface area contributed by atoms with Gasteiger partial charge >= 0.3 is 0 Å². The summed E-state index contributed by atoms with van der Waals surface area (Å²) >= 11 is 1.69. The molecule has 1 aromatic carbocycles. The molecule has 2 aromatic rings. The van der Waals surface area contributed by atoms with E-state index in [0.29, 0.717) is 11.7 Å². The second kappa shape index (κ2) is 8.08. The second-order valence-corrected chi connectivity index (χ2v) is 7.92. The third-order valence-electron chi connectivity index (χ3n) is 4.96.